The van der Waals surface area contributed by atoms with Gasteiger partial charge in [-0.05, 0) is 43.3 Å². The van der Waals surface area contributed by atoms with Crippen molar-refractivity contribution in [2.75, 3.05) is 19.0 Å². The minimum atomic E-state index is -0.345. The summed E-state index contributed by atoms with van der Waals surface area (Å²) in [6, 6.07) is 13.2. The number of imidazole rings is 1. The maximum Gasteiger partial charge on any atom is 0.263 e. The number of halogens is 1. The Labute approximate surface area is 182 Å². The van der Waals surface area contributed by atoms with Crippen LogP contribution in [0.3, 0.4) is 0 Å². The van der Waals surface area contributed by atoms with Gasteiger partial charge in [0.2, 0.25) is 0 Å². The topological polar surface area (TPSA) is 78.3 Å². The molecule has 0 aliphatic heterocycles. The number of benzene rings is 2. The molecule has 158 valence electrons. The van der Waals surface area contributed by atoms with Crippen molar-refractivity contribution in [2.45, 2.75) is 6.92 Å². The van der Waals surface area contributed by atoms with Crippen molar-refractivity contribution in [3.05, 3.63) is 71.7 Å². The van der Waals surface area contributed by atoms with Crippen LogP contribution >= 0.6 is 11.3 Å². The van der Waals surface area contributed by atoms with E-state index in [2.05, 4.69) is 15.3 Å². The Hall–Kier alpha value is -3.72. The molecule has 0 atom stereocenters. The Kier molecular flexibility index (Phi) is 5.94. The molecule has 0 aliphatic carbocycles. The quantitative estimate of drug-likeness (QED) is 0.461. The maximum absolute atomic E-state index is 13.2. The molecule has 0 fully saturated rings. The number of hydrogen-bond donors (Lipinski definition) is 1. The van der Waals surface area contributed by atoms with E-state index in [1.807, 2.05) is 18.4 Å². The predicted molar refractivity (Wildman–Crippen MR) is 116 cm³/mol. The fraction of sp³-hybridized carbons (Fsp3) is 0.136. The highest BCUT2D eigenvalue weighted by Gasteiger charge is 2.16. The molecule has 2 aromatic carbocycles. The average Bonchev–Trinajstić information content (AvgIpc) is 3.39. The number of amides is 1. The highest BCUT2D eigenvalue weighted by molar-refractivity contribution is 7.12. The second-order valence-electron chi connectivity index (χ2n) is 6.54. The summed E-state index contributed by atoms with van der Waals surface area (Å²) in [6.45, 7) is 1.63. The van der Waals surface area contributed by atoms with E-state index in [-0.39, 0.29) is 18.3 Å². The van der Waals surface area contributed by atoms with E-state index in [9.17, 15) is 9.18 Å². The van der Waals surface area contributed by atoms with Crippen molar-refractivity contribution < 1.29 is 18.7 Å². The lowest BCUT2D eigenvalue weighted by Gasteiger charge is -2.11. The summed E-state index contributed by atoms with van der Waals surface area (Å²) in [5, 5.41) is 5.31. The monoisotopic (exact) mass is 438 g/mol. The number of anilines is 1. The van der Waals surface area contributed by atoms with Gasteiger partial charge in [-0.1, -0.05) is 12.1 Å². The van der Waals surface area contributed by atoms with Crippen LogP contribution in [0.2, 0.25) is 0 Å². The number of rotatable bonds is 7. The first-order valence-electron chi connectivity index (χ1n) is 9.37. The van der Waals surface area contributed by atoms with Crippen molar-refractivity contribution in [3.8, 4) is 27.9 Å². The number of carbonyl (C=O) groups excluding carboxylic acids is 1. The number of ether oxygens (including phenoxy) is 2. The summed E-state index contributed by atoms with van der Waals surface area (Å²) in [6.07, 6.45) is 1.56. The van der Waals surface area contributed by atoms with Crippen molar-refractivity contribution in [2.24, 2.45) is 0 Å². The Morgan fingerprint density at radius 3 is 2.65 bits per heavy atom. The fourth-order valence-electron chi connectivity index (χ4n) is 2.95. The molecule has 0 aliphatic rings. The third-order valence-corrected chi connectivity index (χ3v) is 5.28. The number of hydrogen-bond acceptors (Lipinski definition) is 6. The van der Waals surface area contributed by atoms with Crippen LogP contribution in [0.25, 0.3) is 16.4 Å². The SMILES string of the molecule is COc1ccccc1OCC(=O)Nc1cnc(C)n1-c1nc(-c2ccc(F)cc2)cs1. The van der Waals surface area contributed by atoms with Crippen LogP contribution in [0.5, 0.6) is 11.5 Å². The number of thiazole rings is 1. The molecule has 0 spiro atoms. The molecule has 2 aromatic heterocycles. The molecule has 0 saturated heterocycles. The average molecular weight is 438 g/mol. The van der Waals surface area contributed by atoms with Crippen LogP contribution < -0.4 is 14.8 Å². The molecule has 0 radical (unpaired) electrons. The van der Waals surface area contributed by atoms with Crippen LogP contribution in [0.4, 0.5) is 10.2 Å². The van der Waals surface area contributed by atoms with Gasteiger partial charge in [0.05, 0.1) is 19.0 Å². The van der Waals surface area contributed by atoms with Crippen LogP contribution in [0.15, 0.2) is 60.1 Å². The van der Waals surface area contributed by atoms with Crippen molar-refractivity contribution >= 4 is 23.1 Å². The Balaban J connectivity index is 1.49. The van der Waals surface area contributed by atoms with Crippen molar-refractivity contribution in [1.29, 1.82) is 0 Å². The lowest BCUT2D eigenvalue weighted by molar-refractivity contribution is -0.118. The molecular weight excluding hydrogens is 419 g/mol. The van der Waals surface area contributed by atoms with Gasteiger partial charge in [0.1, 0.15) is 17.5 Å². The second-order valence-corrected chi connectivity index (χ2v) is 7.37. The first kappa shape index (κ1) is 20.5. The standard InChI is InChI=1S/C22H19FN4O3S/c1-14-24-11-20(26-21(28)12-30-19-6-4-3-5-18(19)29-2)27(14)22-25-17(13-31-22)15-7-9-16(23)10-8-15/h3-11,13H,12H2,1-2H3,(H,26,28). The molecule has 4 rings (SSSR count). The second kappa shape index (κ2) is 8.97. The molecular formula is C22H19FN4O3S. The molecule has 0 saturated carbocycles. The third kappa shape index (κ3) is 4.56. The van der Waals surface area contributed by atoms with Gasteiger partial charge in [-0.2, -0.15) is 0 Å². The van der Waals surface area contributed by atoms with Crippen LogP contribution in [0, 0.1) is 12.7 Å². The van der Waals surface area contributed by atoms with E-state index in [0.717, 1.165) is 5.56 Å². The van der Waals surface area contributed by atoms with Crippen molar-refractivity contribution in [1.82, 2.24) is 14.5 Å². The Morgan fingerprint density at radius 1 is 1.16 bits per heavy atom. The molecule has 7 nitrogen and oxygen atoms in total. The van der Waals surface area contributed by atoms with E-state index in [4.69, 9.17) is 9.47 Å². The summed E-state index contributed by atoms with van der Waals surface area (Å²) in [7, 11) is 1.54. The normalized spacial score (nSPS) is 10.7. The number of carbonyl (C=O) groups is 1. The zero-order valence-electron chi connectivity index (χ0n) is 16.8. The number of nitrogens with zero attached hydrogens (tertiary/aromatic N) is 3. The number of aromatic nitrogens is 3. The van der Waals surface area contributed by atoms with Gasteiger partial charge in [0.25, 0.3) is 5.91 Å². The van der Waals surface area contributed by atoms with Gasteiger partial charge in [-0.25, -0.2) is 14.4 Å². The van der Waals surface area contributed by atoms with E-state index in [1.165, 1.54) is 30.6 Å². The van der Waals surface area contributed by atoms with Gasteiger partial charge in [0, 0.05) is 10.9 Å². The number of para-hydroxylation sites is 2. The van der Waals surface area contributed by atoms with Crippen LogP contribution in [-0.4, -0.2) is 34.2 Å². The highest BCUT2D eigenvalue weighted by Crippen LogP contribution is 2.28. The molecule has 1 N–H and O–H groups in total. The minimum Gasteiger partial charge on any atom is -0.493 e. The van der Waals surface area contributed by atoms with Crippen LogP contribution in [0.1, 0.15) is 5.82 Å². The maximum atomic E-state index is 13.2. The predicted octanol–water partition coefficient (Wildman–Crippen LogP) is 4.47. The smallest absolute Gasteiger partial charge is 0.263 e. The molecule has 9 heteroatoms. The molecule has 31 heavy (non-hydrogen) atoms. The van der Waals surface area contributed by atoms with Gasteiger partial charge in [-0.3, -0.25) is 9.36 Å². The first-order chi connectivity index (χ1) is 15.0. The summed E-state index contributed by atoms with van der Waals surface area (Å²) >= 11 is 1.40. The molecule has 4 aromatic rings. The fourth-order valence-corrected chi connectivity index (χ4v) is 3.85. The van der Waals surface area contributed by atoms with E-state index in [1.54, 1.807) is 41.1 Å². The number of aryl methyl sites for hydroxylation is 1. The summed E-state index contributed by atoms with van der Waals surface area (Å²) in [5.41, 5.74) is 1.52. The largest absolute Gasteiger partial charge is 0.493 e. The van der Waals surface area contributed by atoms with E-state index >= 15 is 0 Å². The minimum absolute atomic E-state index is 0.191. The zero-order chi connectivity index (χ0) is 21.8. The third-order valence-electron chi connectivity index (χ3n) is 4.46. The zero-order valence-corrected chi connectivity index (χ0v) is 17.6. The summed E-state index contributed by atoms with van der Waals surface area (Å²) in [4.78, 5) is 21.4. The molecule has 0 bridgehead atoms. The van der Waals surface area contributed by atoms with Crippen LogP contribution in [-0.2, 0) is 4.79 Å². The van der Waals surface area contributed by atoms with E-state index < -0.39 is 0 Å². The molecule has 1 amide bonds. The van der Waals surface area contributed by atoms with E-state index in [0.29, 0.717) is 34.0 Å². The molecule has 2 heterocycles. The lowest BCUT2D eigenvalue weighted by atomic mass is 10.2. The summed E-state index contributed by atoms with van der Waals surface area (Å²) in [5.74, 6) is 1.53. The Bertz CT molecular complexity index is 1200. The van der Waals surface area contributed by atoms with Crippen molar-refractivity contribution in [3.63, 3.8) is 0 Å². The summed E-state index contributed by atoms with van der Waals surface area (Å²) < 4.78 is 25.7. The lowest BCUT2D eigenvalue weighted by Crippen LogP contribution is -2.22. The van der Waals surface area contributed by atoms with Gasteiger partial charge >= 0.3 is 0 Å². The Morgan fingerprint density at radius 2 is 1.90 bits per heavy atom. The number of nitrogens with one attached hydrogen (secondary N) is 1. The highest BCUT2D eigenvalue weighted by atomic mass is 32.1. The molecule has 0 unspecified atom stereocenters. The van der Waals surface area contributed by atoms with Gasteiger partial charge in [-0.15, -0.1) is 11.3 Å². The first-order valence-corrected chi connectivity index (χ1v) is 10.2. The van der Waals surface area contributed by atoms with Gasteiger partial charge < -0.3 is 14.8 Å². The number of methoxy groups -OCH3 is 1. The van der Waals surface area contributed by atoms with Gasteiger partial charge in [0.15, 0.2) is 23.2 Å².